The summed E-state index contributed by atoms with van der Waals surface area (Å²) in [5.74, 6) is 0.0939. The summed E-state index contributed by atoms with van der Waals surface area (Å²) in [6, 6.07) is 13.9. The van der Waals surface area contributed by atoms with Crippen molar-refractivity contribution < 1.29 is 19.6 Å². The van der Waals surface area contributed by atoms with E-state index in [0.717, 1.165) is 5.56 Å². The van der Waals surface area contributed by atoms with Gasteiger partial charge in [-0.1, -0.05) is 6.07 Å². The highest BCUT2D eigenvalue weighted by atomic mass is 16.6. The second kappa shape index (κ2) is 7.08. The Kier molecular flexibility index (Phi) is 4.44. The lowest BCUT2D eigenvalue weighted by atomic mass is 10.1. The number of aryl methyl sites for hydroxylation is 1. The van der Waals surface area contributed by atoms with Crippen molar-refractivity contribution >= 4 is 28.7 Å². The van der Waals surface area contributed by atoms with Gasteiger partial charge in [0.1, 0.15) is 17.0 Å². The van der Waals surface area contributed by atoms with E-state index in [-0.39, 0.29) is 28.6 Å². The summed E-state index contributed by atoms with van der Waals surface area (Å²) in [4.78, 5) is 19.0. The van der Waals surface area contributed by atoms with E-state index in [1.54, 1.807) is 12.1 Å². The van der Waals surface area contributed by atoms with Crippen LogP contribution in [0.3, 0.4) is 0 Å². The van der Waals surface area contributed by atoms with Crippen LogP contribution >= 0.6 is 0 Å². The highest BCUT2D eigenvalue weighted by molar-refractivity contribution is 5.87. The molecule has 0 aliphatic heterocycles. The molecule has 0 bridgehead atoms. The molecule has 0 radical (unpaired) electrons. The lowest BCUT2D eigenvalue weighted by Crippen LogP contribution is -1.90. The number of oxazole rings is 1. The van der Waals surface area contributed by atoms with E-state index in [4.69, 9.17) is 4.42 Å². The fourth-order valence-electron chi connectivity index (χ4n) is 2.83. The van der Waals surface area contributed by atoms with Gasteiger partial charge in [-0.3, -0.25) is 15.1 Å². The monoisotopic (exact) mass is 389 g/mol. The highest BCUT2D eigenvalue weighted by Gasteiger charge is 2.14. The second-order valence-electron chi connectivity index (χ2n) is 6.45. The minimum Gasteiger partial charge on any atom is -0.507 e. The Morgan fingerprint density at radius 1 is 1.07 bits per heavy atom. The Hall–Kier alpha value is -4.20. The number of hydrogen-bond donors (Lipinski definition) is 2. The quantitative estimate of drug-likeness (QED) is 0.292. The largest absolute Gasteiger partial charge is 0.507 e. The molecular weight excluding hydrogens is 374 g/mol. The first-order valence-corrected chi connectivity index (χ1v) is 8.63. The zero-order valence-corrected chi connectivity index (χ0v) is 15.2. The molecule has 0 atom stereocenters. The first-order valence-electron chi connectivity index (χ1n) is 8.63. The van der Waals surface area contributed by atoms with Crippen molar-refractivity contribution in [3.05, 3.63) is 75.8 Å². The van der Waals surface area contributed by atoms with Crippen LogP contribution in [0, 0.1) is 17.0 Å². The maximum absolute atomic E-state index is 10.9. The number of phenols is 2. The Labute approximate surface area is 164 Å². The normalized spacial score (nSPS) is 11.3. The van der Waals surface area contributed by atoms with Crippen LogP contribution in [0.2, 0.25) is 0 Å². The van der Waals surface area contributed by atoms with E-state index in [9.17, 15) is 20.3 Å². The predicted octanol–water partition coefficient (Wildman–Crippen LogP) is 4.87. The molecule has 4 aromatic rings. The molecule has 4 rings (SSSR count). The number of nitro benzene ring substituents is 1. The number of aromatic hydroxyl groups is 2. The van der Waals surface area contributed by atoms with Crippen molar-refractivity contribution in [2.45, 2.75) is 6.92 Å². The molecular formula is C21H15N3O5. The number of aromatic nitrogens is 1. The molecule has 29 heavy (non-hydrogen) atoms. The van der Waals surface area contributed by atoms with Gasteiger partial charge in [0.05, 0.1) is 16.2 Å². The molecule has 144 valence electrons. The van der Waals surface area contributed by atoms with E-state index in [2.05, 4.69) is 9.98 Å². The lowest BCUT2D eigenvalue weighted by molar-refractivity contribution is -0.384. The van der Waals surface area contributed by atoms with E-state index in [1.165, 1.54) is 30.5 Å². The fraction of sp³-hybridized carbons (Fsp3) is 0.0476. The average molecular weight is 389 g/mol. The summed E-state index contributed by atoms with van der Waals surface area (Å²) >= 11 is 0. The first kappa shape index (κ1) is 18.2. The van der Waals surface area contributed by atoms with E-state index in [1.807, 2.05) is 25.1 Å². The number of benzene rings is 3. The van der Waals surface area contributed by atoms with Gasteiger partial charge in [-0.2, -0.15) is 0 Å². The Morgan fingerprint density at radius 2 is 1.86 bits per heavy atom. The van der Waals surface area contributed by atoms with Crippen LogP contribution in [0.1, 0.15) is 11.1 Å². The van der Waals surface area contributed by atoms with Gasteiger partial charge in [0.15, 0.2) is 5.58 Å². The van der Waals surface area contributed by atoms with Gasteiger partial charge in [-0.05, 0) is 48.9 Å². The van der Waals surface area contributed by atoms with Crippen molar-refractivity contribution in [3.8, 4) is 23.0 Å². The van der Waals surface area contributed by atoms with Crippen molar-refractivity contribution in [2.75, 3.05) is 0 Å². The van der Waals surface area contributed by atoms with Gasteiger partial charge < -0.3 is 14.6 Å². The molecule has 0 spiro atoms. The molecule has 1 aromatic heterocycles. The average Bonchev–Trinajstić information content (AvgIpc) is 3.11. The third kappa shape index (κ3) is 3.63. The van der Waals surface area contributed by atoms with Crippen LogP contribution in [-0.4, -0.2) is 26.3 Å². The van der Waals surface area contributed by atoms with Gasteiger partial charge >= 0.3 is 0 Å². The summed E-state index contributed by atoms with van der Waals surface area (Å²) < 4.78 is 5.73. The van der Waals surface area contributed by atoms with E-state index >= 15 is 0 Å². The molecule has 2 N–H and O–H groups in total. The smallest absolute Gasteiger partial charge is 0.270 e. The molecule has 1 heterocycles. The molecule has 0 fully saturated rings. The molecule has 0 aliphatic rings. The summed E-state index contributed by atoms with van der Waals surface area (Å²) in [6.07, 6.45) is 1.31. The number of non-ortho nitro benzene ring substituents is 1. The van der Waals surface area contributed by atoms with Gasteiger partial charge in [0.25, 0.3) is 5.69 Å². The van der Waals surface area contributed by atoms with Crippen LogP contribution in [-0.2, 0) is 0 Å². The van der Waals surface area contributed by atoms with Gasteiger partial charge in [-0.15, -0.1) is 0 Å². The van der Waals surface area contributed by atoms with Crippen molar-refractivity contribution in [3.63, 3.8) is 0 Å². The number of fused-ring (bicyclic) bond motifs is 1. The molecule has 3 aromatic carbocycles. The van der Waals surface area contributed by atoms with E-state index in [0.29, 0.717) is 22.4 Å². The summed E-state index contributed by atoms with van der Waals surface area (Å²) in [7, 11) is 0. The lowest BCUT2D eigenvalue weighted by Gasteiger charge is -2.02. The second-order valence-corrected chi connectivity index (χ2v) is 6.45. The van der Waals surface area contributed by atoms with Crippen molar-refractivity contribution in [2.24, 2.45) is 4.99 Å². The van der Waals surface area contributed by atoms with Crippen LogP contribution in [0.15, 0.2) is 64.0 Å². The van der Waals surface area contributed by atoms with Crippen LogP contribution in [0.4, 0.5) is 11.4 Å². The summed E-state index contributed by atoms with van der Waals surface area (Å²) in [6.45, 7) is 1.95. The fourth-order valence-corrected chi connectivity index (χ4v) is 2.83. The highest BCUT2D eigenvalue weighted by Crippen LogP contribution is 2.34. The number of nitro groups is 1. The summed E-state index contributed by atoms with van der Waals surface area (Å²) in [5.41, 5.74) is 3.16. The Bertz CT molecular complexity index is 1280. The summed E-state index contributed by atoms with van der Waals surface area (Å²) in [5, 5.41) is 31.0. The zero-order chi connectivity index (χ0) is 20.5. The minimum absolute atomic E-state index is 0.0228. The first-order chi connectivity index (χ1) is 13.9. The minimum atomic E-state index is -0.551. The molecule has 0 saturated carbocycles. The standard InChI is InChI=1S/C21H15N3O5/c1-12-2-7-20-17(8-12)23-21(29-20)16-10-14(3-5-19(16)26)22-11-13-9-15(24(27)28)4-6-18(13)25/h2-11,25-26H,1H3. The number of phenolic OH excluding ortho intramolecular Hbond substituents is 2. The topological polar surface area (TPSA) is 122 Å². The number of rotatable bonds is 4. The maximum Gasteiger partial charge on any atom is 0.270 e. The van der Waals surface area contributed by atoms with Crippen LogP contribution in [0.5, 0.6) is 11.5 Å². The molecule has 0 unspecified atom stereocenters. The molecule has 8 heteroatoms. The molecule has 0 amide bonds. The third-order valence-electron chi connectivity index (χ3n) is 4.33. The van der Waals surface area contributed by atoms with Gasteiger partial charge in [-0.25, -0.2) is 4.98 Å². The Morgan fingerprint density at radius 3 is 2.66 bits per heavy atom. The molecule has 8 nitrogen and oxygen atoms in total. The Balaban J connectivity index is 1.71. The number of nitrogens with zero attached hydrogens (tertiary/aromatic N) is 3. The zero-order valence-electron chi connectivity index (χ0n) is 15.2. The maximum atomic E-state index is 10.9. The van der Waals surface area contributed by atoms with Crippen molar-refractivity contribution in [1.29, 1.82) is 0 Å². The predicted molar refractivity (Wildman–Crippen MR) is 108 cm³/mol. The SMILES string of the molecule is Cc1ccc2oc(-c3cc(N=Cc4cc([N+](=O)[O-])ccc4O)ccc3O)nc2c1. The third-order valence-corrected chi connectivity index (χ3v) is 4.33. The van der Waals surface area contributed by atoms with Crippen molar-refractivity contribution in [1.82, 2.24) is 4.98 Å². The number of aliphatic imine (C=N–C) groups is 1. The van der Waals surface area contributed by atoms with Gasteiger partial charge in [0.2, 0.25) is 5.89 Å². The number of hydrogen-bond acceptors (Lipinski definition) is 7. The molecule has 0 aliphatic carbocycles. The van der Waals surface area contributed by atoms with Crippen LogP contribution < -0.4 is 0 Å². The van der Waals surface area contributed by atoms with Gasteiger partial charge in [0, 0.05) is 23.9 Å². The van der Waals surface area contributed by atoms with E-state index < -0.39 is 4.92 Å². The van der Waals surface area contributed by atoms with Crippen LogP contribution in [0.25, 0.3) is 22.6 Å². The molecule has 0 saturated heterocycles.